The summed E-state index contributed by atoms with van der Waals surface area (Å²) in [7, 11) is 0. The van der Waals surface area contributed by atoms with Crippen LogP contribution < -0.4 is 10.9 Å². The number of aryl methyl sites for hydroxylation is 2. The molecular weight excluding hydrogens is 376 g/mol. The van der Waals surface area contributed by atoms with Gasteiger partial charge in [0.05, 0.1) is 5.39 Å². The molecule has 2 aromatic carbocycles. The molecule has 1 N–H and O–H groups in total. The quantitative estimate of drug-likeness (QED) is 0.550. The van der Waals surface area contributed by atoms with Crippen LogP contribution in [0.3, 0.4) is 0 Å². The third kappa shape index (κ3) is 3.52. The van der Waals surface area contributed by atoms with E-state index < -0.39 is 0 Å². The fourth-order valence-corrected chi connectivity index (χ4v) is 3.72. The zero-order chi connectivity index (χ0) is 21.3. The lowest BCUT2D eigenvalue weighted by Gasteiger charge is -2.09. The molecule has 2 heterocycles. The van der Waals surface area contributed by atoms with Crippen LogP contribution in [0.4, 0.5) is 5.69 Å². The number of hydrogen-bond acceptors (Lipinski definition) is 3. The topological polar surface area (TPSA) is 68.9 Å². The Morgan fingerprint density at radius 1 is 1.07 bits per heavy atom. The first-order valence-electron chi connectivity index (χ1n) is 10.0. The van der Waals surface area contributed by atoms with Gasteiger partial charge in [-0.2, -0.15) is 0 Å². The molecule has 0 fully saturated rings. The third-order valence-corrected chi connectivity index (χ3v) is 5.43. The summed E-state index contributed by atoms with van der Waals surface area (Å²) < 4.78 is 3.34. The Morgan fingerprint density at radius 2 is 1.83 bits per heavy atom. The number of carbonyl (C=O) groups excluding carboxylic acids is 1. The second kappa shape index (κ2) is 7.99. The molecule has 152 valence electrons. The second-order valence-corrected chi connectivity index (χ2v) is 7.36. The minimum atomic E-state index is -0.261. The van der Waals surface area contributed by atoms with Crippen LogP contribution in [0.5, 0.6) is 0 Å². The molecule has 0 aliphatic heterocycles. The summed E-state index contributed by atoms with van der Waals surface area (Å²) in [6.45, 7) is 5.86. The zero-order valence-electron chi connectivity index (χ0n) is 17.3. The van der Waals surface area contributed by atoms with Crippen molar-refractivity contribution in [3.05, 3.63) is 88.1 Å². The lowest BCUT2D eigenvalue weighted by molar-refractivity contribution is -0.116. The number of anilines is 1. The number of benzene rings is 2. The highest BCUT2D eigenvalue weighted by Gasteiger charge is 2.18. The summed E-state index contributed by atoms with van der Waals surface area (Å²) in [4.78, 5) is 30.2. The standard InChI is InChI=1S/C24H24N4O2/c1-4-18-9-8-10-19(13-18)26-21(29)14-27-15-25-23-22(24(27)30)16(2)17(3)28(23)20-11-6-5-7-12-20/h5-13,15H,4,14H2,1-3H3,(H,26,29). The summed E-state index contributed by atoms with van der Waals surface area (Å²) in [5.74, 6) is -0.261. The van der Waals surface area contributed by atoms with Crippen molar-refractivity contribution in [3.63, 3.8) is 0 Å². The van der Waals surface area contributed by atoms with E-state index in [1.165, 1.54) is 10.9 Å². The number of rotatable bonds is 5. The second-order valence-electron chi connectivity index (χ2n) is 7.36. The van der Waals surface area contributed by atoms with Crippen LogP contribution in [0.15, 0.2) is 65.7 Å². The molecule has 4 aromatic rings. The summed E-state index contributed by atoms with van der Waals surface area (Å²) in [5, 5.41) is 3.41. The van der Waals surface area contributed by atoms with E-state index in [0.29, 0.717) is 11.0 Å². The highest BCUT2D eigenvalue weighted by atomic mass is 16.2. The fraction of sp³-hybridized carbons (Fsp3) is 0.208. The highest BCUT2D eigenvalue weighted by Crippen LogP contribution is 2.24. The van der Waals surface area contributed by atoms with Gasteiger partial charge in [0.2, 0.25) is 5.91 Å². The van der Waals surface area contributed by atoms with Gasteiger partial charge in [-0.15, -0.1) is 0 Å². The van der Waals surface area contributed by atoms with E-state index >= 15 is 0 Å². The smallest absolute Gasteiger partial charge is 0.263 e. The van der Waals surface area contributed by atoms with Gasteiger partial charge in [-0.25, -0.2) is 4.98 Å². The maximum Gasteiger partial charge on any atom is 0.263 e. The predicted molar refractivity (Wildman–Crippen MR) is 119 cm³/mol. The molecule has 0 bridgehead atoms. The lowest BCUT2D eigenvalue weighted by atomic mass is 10.1. The van der Waals surface area contributed by atoms with Crippen LogP contribution in [0, 0.1) is 13.8 Å². The number of carbonyl (C=O) groups is 1. The lowest BCUT2D eigenvalue weighted by Crippen LogP contribution is -2.28. The van der Waals surface area contributed by atoms with Gasteiger partial charge >= 0.3 is 0 Å². The van der Waals surface area contributed by atoms with Crippen molar-refractivity contribution in [2.75, 3.05) is 5.32 Å². The monoisotopic (exact) mass is 400 g/mol. The summed E-state index contributed by atoms with van der Waals surface area (Å²) in [6, 6.07) is 17.5. The average Bonchev–Trinajstić information content (AvgIpc) is 3.01. The number of amides is 1. The Bertz CT molecular complexity index is 1290. The molecule has 0 atom stereocenters. The van der Waals surface area contributed by atoms with Gasteiger partial charge in [0.15, 0.2) is 5.65 Å². The van der Waals surface area contributed by atoms with Gasteiger partial charge in [-0.1, -0.05) is 37.3 Å². The molecule has 0 aliphatic carbocycles. The zero-order valence-corrected chi connectivity index (χ0v) is 17.3. The normalized spacial score (nSPS) is 11.0. The van der Waals surface area contributed by atoms with Crippen molar-refractivity contribution >= 4 is 22.6 Å². The summed E-state index contributed by atoms with van der Waals surface area (Å²) in [5.41, 5.74) is 5.04. The molecule has 0 spiro atoms. The van der Waals surface area contributed by atoms with Crippen molar-refractivity contribution in [1.82, 2.24) is 14.1 Å². The first-order valence-corrected chi connectivity index (χ1v) is 10.0. The number of hydrogen-bond donors (Lipinski definition) is 1. The number of nitrogens with one attached hydrogen (secondary N) is 1. The van der Waals surface area contributed by atoms with Gasteiger partial charge in [0, 0.05) is 17.1 Å². The van der Waals surface area contributed by atoms with E-state index in [2.05, 4.69) is 17.2 Å². The molecular formula is C24H24N4O2. The van der Waals surface area contributed by atoms with Gasteiger partial charge in [-0.3, -0.25) is 18.7 Å². The van der Waals surface area contributed by atoms with Gasteiger partial charge in [0.25, 0.3) is 5.56 Å². The van der Waals surface area contributed by atoms with Gasteiger partial charge in [0.1, 0.15) is 12.9 Å². The molecule has 6 nitrogen and oxygen atoms in total. The minimum absolute atomic E-state index is 0.0901. The van der Waals surface area contributed by atoms with Crippen molar-refractivity contribution in [1.29, 1.82) is 0 Å². The Balaban J connectivity index is 1.68. The van der Waals surface area contributed by atoms with Crippen LogP contribution in [-0.2, 0) is 17.8 Å². The number of fused-ring (bicyclic) bond motifs is 1. The summed E-state index contributed by atoms with van der Waals surface area (Å²) >= 11 is 0. The Labute approximate surface area is 174 Å². The van der Waals surface area contributed by atoms with Crippen molar-refractivity contribution in [3.8, 4) is 5.69 Å². The SMILES string of the molecule is CCc1cccc(NC(=O)Cn2cnc3c(c(C)c(C)n3-c3ccccc3)c2=O)c1. The van der Waals surface area contributed by atoms with Crippen LogP contribution in [0.1, 0.15) is 23.7 Å². The first-order chi connectivity index (χ1) is 14.5. The fourth-order valence-electron chi connectivity index (χ4n) is 3.72. The molecule has 0 unspecified atom stereocenters. The van der Waals surface area contributed by atoms with Crippen molar-refractivity contribution in [2.45, 2.75) is 33.7 Å². The molecule has 0 radical (unpaired) electrons. The molecule has 30 heavy (non-hydrogen) atoms. The van der Waals surface area contributed by atoms with Gasteiger partial charge < -0.3 is 5.32 Å². The Kier molecular flexibility index (Phi) is 5.23. The van der Waals surface area contributed by atoms with E-state index in [4.69, 9.17) is 0 Å². The van der Waals surface area contributed by atoms with Crippen LogP contribution in [-0.4, -0.2) is 20.0 Å². The molecule has 1 amide bonds. The Hall–Kier alpha value is -3.67. The molecule has 0 saturated heterocycles. The number of nitrogens with zero attached hydrogens (tertiary/aromatic N) is 3. The predicted octanol–water partition coefficient (Wildman–Crippen LogP) is 4.01. The van der Waals surface area contributed by atoms with E-state index in [-0.39, 0.29) is 18.0 Å². The molecule has 6 heteroatoms. The maximum absolute atomic E-state index is 13.2. The van der Waals surface area contributed by atoms with E-state index in [1.807, 2.05) is 73.0 Å². The Morgan fingerprint density at radius 3 is 2.57 bits per heavy atom. The highest BCUT2D eigenvalue weighted by molar-refractivity contribution is 5.91. The van der Waals surface area contributed by atoms with E-state index in [1.54, 1.807) is 0 Å². The molecule has 2 aromatic heterocycles. The number of aromatic nitrogens is 3. The molecule has 4 rings (SSSR count). The van der Waals surface area contributed by atoms with E-state index in [9.17, 15) is 9.59 Å². The van der Waals surface area contributed by atoms with Crippen molar-refractivity contribution in [2.24, 2.45) is 0 Å². The third-order valence-electron chi connectivity index (χ3n) is 5.43. The maximum atomic E-state index is 13.2. The molecule has 0 saturated carbocycles. The van der Waals surface area contributed by atoms with Gasteiger partial charge in [-0.05, 0) is 55.7 Å². The summed E-state index contributed by atoms with van der Waals surface area (Å²) in [6.07, 6.45) is 2.34. The van der Waals surface area contributed by atoms with Crippen LogP contribution >= 0.6 is 0 Å². The number of para-hydroxylation sites is 1. The average molecular weight is 400 g/mol. The first kappa shape index (κ1) is 19.6. The molecule has 0 aliphatic rings. The minimum Gasteiger partial charge on any atom is -0.325 e. The van der Waals surface area contributed by atoms with Crippen LogP contribution in [0.25, 0.3) is 16.7 Å². The van der Waals surface area contributed by atoms with E-state index in [0.717, 1.165) is 34.6 Å². The largest absolute Gasteiger partial charge is 0.325 e. The van der Waals surface area contributed by atoms with Crippen LogP contribution in [0.2, 0.25) is 0 Å². The van der Waals surface area contributed by atoms with Crippen molar-refractivity contribution < 1.29 is 4.79 Å².